The number of hydrogen-bond donors (Lipinski definition) is 2. The Kier molecular flexibility index (Phi) is 6.23. The van der Waals surface area contributed by atoms with Crippen LogP contribution in [0.1, 0.15) is 38.2 Å². The number of nitrogens with two attached hydrogens (primary N) is 1. The molecule has 0 radical (unpaired) electrons. The molecule has 1 aliphatic rings. The van der Waals surface area contributed by atoms with Gasteiger partial charge in [0.1, 0.15) is 0 Å². The highest BCUT2D eigenvalue weighted by molar-refractivity contribution is 7.89. The zero-order valence-corrected chi connectivity index (χ0v) is 14.3. The molecule has 1 saturated carbocycles. The normalized spacial score (nSPS) is 26.1. The van der Waals surface area contributed by atoms with Crippen molar-refractivity contribution in [2.45, 2.75) is 50.0 Å². The third kappa shape index (κ3) is 3.77. The molecular weight excluding hydrogens is 308 g/mol. The second-order valence-electron chi connectivity index (χ2n) is 5.88. The Hall–Kier alpha value is -0.620. The molecule has 2 atom stereocenters. The molecule has 1 aromatic carbocycles. The molecule has 2 unspecified atom stereocenters. The maximum Gasteiger partial charge on any atom is 0.241 e. The molecule has 0 spiro atoms. The largest absolute Gasteiger partial charge is 0.329 e. The molecule has 4 nitrogen and oxygen atoms in total. The van der Waals surface area contributed by atoms with E-state index in [-0.39, 0.29) is 18.3 Å². The standard InChI is InChI=1S/C15H24N2O2S.ClH/c1-12-7-3-4-9-14(12)20(18,19)17-15(11-16)10-6-5-8-13(15)2;/h3-4,7,9,13,17H,5-6,8,10-11,16H2,1-2H3;1H. The van der Waals surface area contributed by atoms with E-state index in [1.54, 1.807) is 12.1 Å². The molecule has 0 heterocycles. The lowest BCUT2D eigenvalue weighted by Crippen LogP contribution is -2.59. The Bertz CT molecular complexity index is 577. The molecule has 0 bridgehead atoms. The van der Waals surface area contributed by atoms with Crippen LogP contribution in [-0.4, -0.2) is 20.5 Å². The first kappa shape index (κ1) is 18.4. The van der Waals surface area contributed by atoms with Gasteiger partial charge in [0.2, 0.25) is 10.0 Å². The van der Waals surface area contributed by atoms with Gasteiger partial charge in [-0.15, -0.1) is 12.4 Å². The lowest BCUT2D eigenvalue weighted by Gasteiger charge is -2.42. The van der Waals surface area contributed by atoms with Crippen LogP contribution < -0.4 is 10.5 Å². The van der Waals surface area contributed by atoms with E-state index in [4.69, 9.17) is 5.73 Å². The smallest absolute Gasteiger partial charge is 0.241 e. The van der Waals surface area contributed by atoms with E-state index < -0.39 is 15.6 Å². The molecule has 120 valence electrons. The van der Waals surface area contributed by atoms with Crippen LogP contribution in [0, 0.1) is 12.8 Å². The third-order valence-electron chi connectivity index (χ3n) is 4.54. The van der Waals surface area contributed by atoms with Crippen LogP contribution in [-0.2, 0) is 10.0 Å². The van der Waals surface area contributed by atoms with Crippen molar-refractivity contribution in [2.75, 3.05) is 6.54 Å². The summed E-state index contributed by atoms with van der Waals surface area (Å²) in [6.45, 7) is 4.25. The van der Waals surface area contributed by atoms with E-state index in [9.17, 15) is 8.42 Å². The molecule has 1 aliphatic carbocycles. The Morgan fingerprint density at radius 1 is 1.33 bits per heavy atom. The summed E-state index contributed by atoms with van der Waals surface area (Å²) in [6, 6.07) is 7.06. The van der Waals surface area contributed by atoms with Crippen LogP contribution in [0.25, 0.3) is 0 Å². The summed E-state index contributed by atoms with van der Waals surface area (Å²) in [4.78, 5) is 0.352. The number of halogens is 1. The minimum atomic E-state index is -3.52. The first-order valence-corrected chi connectivity index (χ1v) is 8.69. The van der Waals surface area contributed by atoms with Crippen molar-refractivity contribution in [3.05, 3.63) is 29.8 Å². The van der Waals surface area contributed by atoms with Crippen molar-refractivity contribution < 1.29 is 8.42 Å². The molecule has 1 fully saturated rings. The van der Waals surface area contributed by atoms with E-state index in [2.05, 4.69) is 11.6 Å². The van der Waals surface area contributed by atoms with Gasteiger partial charge in [-0.05, 0) is 37.3 Å². The molecule has 0 amide bonds. The number of hydrogen-bond acceptors (Lipinski definition) is 3. The number of rotatable bonds is 4. The summed E-state index contributed by atoms with van der Waals surface area (Å²) in [6.07, 6.45) is 4.01. The van der Waals surface area contributed by atoms with Gasteiger partial charge in [-0.3, -0.25) is 0 Å². The average molecular weight is 333 g/mol. The van der Waals surface area contributed by atoms with Crippen molar-refractivity contribution in [1.29, 1.82) is 0 Å². The summed E-state index contributed by atoms with van der Waals surface area (Å²) in [7, 11) is -3.52. The van der Waals surface area contributed by atoms with Gasteiger partial charge in [0.15, 0.2) is 0 Å². The molecule has 6 heteroatoms. The predicted octanol–water partition coefficient (Wildman–Crippen LogP) is 2.60. The van der Waals surface area contributed by atoms with E-state index >= 15 is 0 Å². The zero-order chi connectivity index (χ0) is 14.8. The van der Waals surface area contributed by atoms with Gasteiger partial charge in [-0.25, -0.2) is 13.1 Å². The summed E-state index contributed by atoms with van der Waals surface area (Å²) in [5.41, 5.74) is 6.18. The lowest BCUT2D eigenvalue weighted by molar-refractivity contribution is 0.191. The van der Waals surface area contributed by atoms with Crippen molar-refractivity contribution in [2.24, 2.45) is 11.7 Å². The SMILES string of the molecule is Cc1ccccc1S(=O)(=O)NC1(CN)CCCCC1C.Cl. The van der Waals surface area contributed by atoms with Gasteiger partial charge >= 0.3 is 0 Å². The molecule has 21 heavy (non-hydrogen) atoms. The summed E-state index contributed by atoms with van der Waals surface area (Å²) < 4.78 is 28.2. The predicted molar refractivity (Wildman–Crippen MR) is 88.2 cm³/mol. The van der Waals surface area contributed by atoms with Crippen molar-refractivity contribution >= 4 is 22.4 Å². The number of nitrogens with one attached hydrogen (secondary N) is 1. The fraction of sp³-hybridized carbons (Fsp3) is 0.600. The fourth-order valence-electron chi connectivity index (χ4n) is 3.09. The highest BCUT2D eigenvalue weighted by Gasteiger charge is 2.40. The summed E-state index contributed by atoms with van der Waals surface area (Å²) in [5, 5.41) is 0. The molecule has 2 rings (SSSR count). The molecule has 0 saturated heterocycles. The quantitative estimate of drug-likeness (QED) is 0.890. The Morgan fingerprint density at radius 3 is 2.57 bits per heavy atom. The molecular formula is C15H25ClN2O2S. The summed E-state index contributed by atoms with van der Waals surface area (Å²) in [5.74, 6) is 0.264. The maximum atomic E-state index is 12.7. The topological polar surface area (TPSA) is 72.2 Å². The summed E-state index contributed by atoms with van der Waals surface area (Å²) >= 11 is 0. The number of sulfonamides is 1. The Balaban J connectivity index is 0.00000220. The van der Waals surface area contributed by atoms with Gasteiger partial charge < -0.3 is 5.73 Å². The second-order valence-corrected chi connectivity index (χ2v) is 7.53. The molecule has 1 aromatic rings. The van der Waals surface area contributed by atoms with E-state index in [0.29, 0.717) is 11.4 Å². The Labute approximate surface area is 134 Å². The lowest BCUT2D eigenvalue weighted by atomic mass is 9.74. The maximum absolute atomic E-state index is 12.7. The van der Waals surface area contributed by atoms with Crippen LogP contribution in [0.4, 0.5) is 0 Å². The van der Waals surface area contributed by atoms with Crippen LogP contribution in [0.2, 0.25) is 0 Å². The van der Waals surface area contributed by atoms with E-state index in [1.807, 2.05) is 19.1 Å². The minimum Gasteiger partial charge on any atom is -0.329 e. The fourth-order valence-corrected chi connectivity index (χ4v) is 4.87. The van der Waals surface area contributed by atoms with Gasteiger partial charge in [0.05, 0.1) is 4.90 Å². The van der Waals surface area contributed by atoms with Crippen molar-refractivity contribution in [3.8, 4) is 0 Å². The van der Waals surface area contributed by atoms with E-state index in [0.717, 1.165) is 31.2 Å². The Morgan fingerprint density at radius 2 is 2.00 bits per heavy atom. The number of aryl methyl sites for hydroxylation is 1. The molecule has 3 N–H and O–H groups in total. The van der Waals surface area contributed by atoms with Gasteiger partial charge in [0.25, 0.3) is 0 Å². The average Bonchev–Trinajstić information content (AvgIpc) is 2.41. The van der Waals surface area contributed by atoms with Gasteiger partial charge in [0, 0.05) is 12.1 Å². The first-order valence-electron chi connectivity index (χ1n) is 7.21. The zero-order valence-electron chi connectivity index (χ0n) is 12.6. The van der Waals surface area contributed by atoms with Crippen LogP contribution in [0.3, 0.4) is 0 Å². The molecule has 0 aromatic heterocycles. The molecule has 0 aliphatic heterocycles. The highest BCUT2D eigenvalue weighted by atomic mass is 35.5. The number of benzene rings is 1. The monoisotopic (exact) mass is 332 g/mol. The van der Waals surface area contributed by atoms with Crippen molar-refractivity contribution in [3.63, 3.8) is 0 Å². The van der Waals surface area contributed by atoms with Crippen LogP contribution >= 0.6 is 12.4 Å². The minimum absolute atomic E-state index is 0. The van der Waals surface area contributed by atoms with E-state index in [1.165, 1.54) is 0 Å². The third-order valence-corrected chi connectivity index (χ3v) is 6.25. The van der Waals surface area contributed by atoms with Gasteiger partial charge in [-0.2, -0.15) is 0 Å². The highest BCUT2D eigenvalue weighted by Crippen LogP contribution is 2.34. The van der Waals surface area contributed by atoms with Gasteiger partial charge in [-0.1, -0.05) is 38.0 Å². The van der Waals surface area contributed by atoms with Crippen molar-refractivity contribution in [1.82, 2.24) is 4.72 Å². The second kappa shape index (κ2) is 7.09. The van der Waals surface area contributed by atoms with Crippen LogP contribution in [0.5, 0.6) is 0 Å². The first-order chi connectivity index (χ1) is 9.41. The van der Waals surface area contributed by atoms with Crippen LogP contribution in [0.15, 0.2) is 29.2 Å².